The molecule has 0 radical (unpaired) electrons. The van der Waals surface area contributed by atoms with Crippen molar-refractivity contribution in [1.82, 2.24) is 0 Å². The SMILES string of the molecule is COc1ccc(C(C)(C)C)cc1C(CN)C(=O)O. The molecule has 1 rings (SSSR count). The number of carbonyl (C=O) groups is 1. The minimum atomic E-state index is -0.929. The van der Waals surface area contributed by atoms with E-state index in [1.54, 1.807) is 0 Å². The minimum absolute atomic E-state index is 0.0430. The molecule has 0 bridgehead atoms. The number of benzene rings is 1. The molecule has 18 heavy (non-hydrogen) atoms. The van der Waals surface area contributed by atoms with Crippen LogP contribution >= 0.6 is 0 Å². The number of carboxylic acid groups (broad SMARTS) is 1. The van der Waals surface area contributed by atoms with Crippen LogP contribution in [-0.2, 0) is 10.2 Å². The average molecular weight is 251 g/mol. The summed E-state index contributed by atoms with van der Waals surface area (Å²) in [4.78, 5) is 11.2. The average Bonchev–Trinajstić information content (AvgIpc) is 2.28. The molecule has 0 heterocycles. The first kappa shape index (κ1) is 14.5. The van der Waals surface area contributed by atoms with Crippen LogP contribution in [0.5, 0.6) is 5.75 Å². The van der Waals surface area contributed by atoms with E-state index in [9.17, 15) is 9.90 Å². The van der Waals surface area contributed by atoms with E-state index in [4.69, 9.17) is 10.5 Å². The van der Waals surface area contributed by atoms with Crippen molar-refractivity contribution in [3.8, 4) is 5.75 Å². The maximum Gasteiger partial charge on any atom is 0.312 e. The quantitative estimate of drug-likeness (QED) is 0.859. The van der Waals surface area contributed by atoms with E-state index in [2.05, 4.69) is 20.8 Å². The van der Waals surface area contributed by atoms with Crippen molar-refractivity contribution < 1.29 is 14.6 Å². The van der Waals surface area contributed by atoms with Gasteiger partial charge in [-0.1, -0.05) is 32.9 Å². The molecule has 4 nitrogen and oxygen atoms in total. The Hall–Kier alpha value is -1.55. The zero-order valence-electron chi connectivity index (χ0n) is 11.4. The Morgan fingerprint density at radius 3 is 2.44 bits per heavy atom. The molecule has 0 aliphatic heterocycles. The number of aliphatic carboxylic acids is 1. The molecule has 0 aliphatic carbocycles. The molecule has 1 aromatic rings. The summed E-state index contributed by atoms with van der Waals surface area (Å²) in [7, 11) is 1.53. The maximum atomic E-state index is 11.2. The van der Waals surface area contributed by atoms with Crippen molar-refractivity contribution in [3.63, 3.8) is 0 Å². The highest BCUT2D eigenvalue weighted by Gasteiger charge is 2.24. The maximum absolute atomic E-state index is 11.2. The molecule has 0 fully saturated rings. The highest BCUT2D eigenvalue weighted by Crippen LogP contribution is 2.32. The van der Waals surface area contributed by atoms with E-state index in [1.807, 2.05) is 18.2 Å². The van der Waals surface area contributed by atoms with Gasteiger partial charge in [0.05, 0.1) is 13.0 Å². The predicted octanol–water partition coefficient (Wildman–Crippen LogP) is 2.12. The number of ether oxygens (including phenoxy) is 1. The highest BCUT2D eigenvalue weighted by atomic mass is 16.5. The van der Waals surface area contributed by atoms with Crippen LogP contribution in [0.15, 0.2) is 18.2 Å². The van der Waals surface area contributed by atoms with Crippen LogP contribution in [0.25, 0.3) is 0 Å². The largest absolute Gasteiger partial charge is 0.496 e. The summed E-state index contributed by atoms with van der Waals surface area (Å²) in [6, 6.07) is 5.64. The van der Waals surface area contributed by atoms with Gasteiger partial charge in [-0.25, -0.2) is 0 Å². The van der Waals surface area contributed by atoms with Crippen molar-refractivity contribution in [3.05, 3.63) is 29.3 Å². The molecule has 0 aliphatic rings. The molecule has 0 aromatic heterocycles. The minimum Gasteiger partial charge on any atom is -0.496 e. The Bertz CT molecular complexity index is 435. The topological polar surface area (TPSA) is 72.5 Å². The first-order valence-corrected chi connectivity index (χ1v) is 5.92. The van der Waals surface area contributed by atoms with Gasteiger partial charge < -0.3 is 15.6 Å². The molecule has 0 spiro atoms. The van der Waals surface area contributed by atoms with Gasteiger partial charge in [0.25, 0.3) is 0 Å². The second kappa shape index (κ2) is 5.40. The van der Waals surface area contributed by atoms with Crippen LogP contribution in [0, 0.1) is 0 Å². The highest BCUT2D eigenvalue weighted by molar-refractivity contribution is 5.77. The van der Waals surface area contributed by atoms with E-state index in [-0.39, 0.29) is 12.0 Å². The van der Waals surface area contributed by atoms with E-state index in [0.717, 1.165) is 5.56 Å². The Morgan fingerprint density at radius 2 is 2.06 bits per heavy atom. The Morgan fingerprint density at radius 1 is 1.44 bits per heavy atom. The fourth-order valence-electron chi connectivity index (χ4n) is 1.83. The Balaban J connectivity index is 3.34. The third-order valence-corrected chi connectivity index (χ3v) is 3.00. The second-order valence-corrected chi connectivity index (χ2v) is 5.33. The molecule has 1 atom stereocenters. The van der Waals surface area contributed by atoms with Crippen LogP contribution < -0.4 is 10.5 Å². The van der Waals surface area contributed by atoms with E-state index < -0.39 is 11.9 Å². The van der Waals surface area contributed by atoms with Gasteiger partial charge in [-0.05, 0) is 17.0 Å². The summed E-state index contributed by atoms with van der Waals surface area (Å²) in [6.45, 7) is 6.30. The lowest BCUT2D eigenvalue weighted by Crippen LogP contribution is -2.22. The molecule has 0 saturated carbocycles. The second-order valence-electron chi connectivity index (χ2n) is 5.33. The van der Waals surface area contributed by atoms with Gasteiger partial charge in [0, 0.05) is 12.1 Å². The summed E-state index contributed by atoms with van der Waals surface area (Å²) in [5, 5.41) is 9.20. The fourth-order valence-corrected chi connectivity index (χ4v) is 1.83. The first-order chi connectivity index (χ1) is 8.31. The molecule has 100 valence electrons. The lowest BCUT2D eigenvalue weighted by atomic mass is 9.84. The first-order valence-electron chi connectivity index (χ1n) is 5.92. The fraction of sp³-hybridized carbons (Fsp3) is 0.500. The molecule has 4 heteroatoms. The van der Waals surface area contributed by atoms with Crippen LogP contribution in [-0.4, -0.2) is 24.7 Å². The van der Waals surface area contributed by atoms with Crippen LogP contribution in [0.4, 0.5) is 0 Å². The number of hydrogen-bond acceptors (Lipinski definition) is 3. The molecular formula is C14H21NO3. The van der Waals surface area contributed by atoms with Gasteiger partial charge in [0.15, 0.2) is 0 Å². The monoisotopic (exact) mass is 251 g/mol. The third-order valence-electron chi connectivity index (χ3n) is 3.00. The molecule has 0 amide bonds. The van der Waals surface area contributed by atoms with E-state index >= 15 is 0 Å². The van der Waals surface area contributed by atoms with Gasteiger partial charge in [0.1, 0.15) is 5.75 Å². The molecule has 3 N–H and O–H groups in total. The number of rotatable bonds is 4. The van der Waals surface area contributed by atoms with Gasteiger partial charge in [0.2, 0.25) is 0 Å². The zero-order valence-corrected chi connectivity index (χ0v) is 11.4. The number of nitrogens with two attached hydrogens (primary N) is 1. The van der Waals surface area contributed by atoms with Crippen molar-refractivity contribution in [2.24, 2.45) is 5.73 Å². The summed E-state index contributed by atoms with van der Waals surface area (Å²) < 4.78 is 5.23. The van der Waals surface area contributed by atoms with Crippen molar-refractivity contribution in [2.75, 3.05) is 13.7 Å². The lowest BCUT2D eigenvalue weighted by molar-refractivity contribution is -0.138. The summed E-state index contributed by atoms with van der Waals surface area (Å²) in [5.41, 5.74) is 7.22. The molecule has 1 aromatic carbocycles. The lowest BCUT2D eigenvalue weighted by Gasteiger charge is -2.22. The van der Waals surface area contributed by atoms with E-state index in [0.29, 0.717) is 11.3 Å². The molecular weight excluding hydrogens is 230 g/mol. The van der Waals surface area contributed by atoms with Gasteiger partial charge in [-0.2, -0.15) is 0 Å². The summed E-state index contributed by atoms with van der Waals surface area (Å²) in [5.74, 6) is -1.09. The van der Waals surface area contributed by atoms with Gasteiger partial charge in [-0.15, -0.1) is 0 Å². The number of carboxylic acids is 1. The van der Waals surface area contributed by atoms with Crippen molar-refractivity contribution in [2.45, 2.75) is 32.1 Å². The van der Waals surface area contributed by atoms with Crippen molar-refractivity contribution >= 4 is 5.97 Å². The van der Waals surface area contributed by atoms with Gasteiger partial charge in [-0.3, -0.25) is 4.79 Å². The van der Waals surface area contributed by atoms with Crippen LogP contribution in [0.1, 0.15) is 37.8 Å². The molecule has 0 saturated heterocycles. The standard InChI is InChI=1S/C14H21NO3/c1-14(2,3)9-5-6-12(18-4)10(7-9)11(8-15)13(16)17/h5-7,11H,8,15H2,1-4H3,(H,16,17). The zero-order chi connectivity index (χ0) is 13.9. The summed E-state index contributed by atoms with van der Waals surface area (Å²) >= 11 is 0. The Kier molecular flexibility index (Phi) is 4.35. The third kappa shape index (κ3) is 3.01. The number of hydrogen-bond donors (Lipinski definition) is 2. The summed E-state index contributed by atoms with van der Waals surface area (Å²) in [6.07, 6.45) is 0. The normalized spacial score (nSPS) is 13.2. The Labute approximate surface area is 108 Å². The van der Waals surface area contributed by atoms with Crippen molar-refractivity contribution in [1.29, 1.82) is 0 Å². The van der Waals surface area contributed by atoms with Gasteiger partial charge >= 0.3 is 5.97 Å². The van der Waals surface area contributed by atoms with Crippen LogP contribution in [0.3, 0.4) is 0 Å². The predicted molar refractivity (Wildman–Crippen MR) is 71.1 cm³/mol. The van der Waals surface area contributed by atoms with E-state index in [1.165, 1.54) is 7.11 Å². The smallest absolute Gasteiger partial charge is 0.312 e. The van der Waals surface area contributed by atoms with Crippen LogP contribution in [0.2, 0.25) is 0 Å². The molecule has 1 unspecified atom stereocenters. The number of methoxy groups -OCH3 is 1.